The quantitative estimate of drug-likeness (QED) is 0.833. The molecule has 2 aromatic rings. The molecule has 1 aliphatic rings. The number of rotatable bonds is 2. The minimum absolute atomic E-state index is 0.119. The van der Waals surface area contributed by atoms with Gasteiger partial charge in [-0.25, -0.2) is 0 Å². The summed E-state index contributed by atoms with van der Waals surface area (Å²) in [7, 11) is 0. The summed E-state index contributed by atoms with van der Waals surface area (Å²) in [6.07, 6.45) is 5.69. The number of carbonyl (C=O) groups is 1. The highest BCUT2D eigenvalue weighted by molar-refractivity contribution is 9.10. The van der Waals surface area contributed by atoms with Gasteiger partial charge in [-0.15, -0.1) is 11.3 Å². The summed E-state index contributed by atoms with van der Waals surface area (Å²) in [5.41, 5.74) is 1.13. The van der Waals surface area contributed by atoms with Crippen molar-refractivity contribution in [3.05, 3.63) is 50.9 Å². The molecule has 0 spiro atoms. The van der Waals surface area contributed by atoms with Crippen molar-refractivity contribution in [1.82, 2.24) is 9.88 Å². The molecular formula is C14H13BrN2OS. The van der Waals surface area contributed by atoms with Crippen LogP contribution in [0, 0.1) is 0 Å². The first-order chi connectivity index (χ1) is 9.27. The SMILES string of the molecule is O=C(c1sccc1Br)N1CCCC1c1cccnc1. The van der Waals surface area contributed by atoms with Crippen LogP contribution >= 0.6 is 27.3 Å². The van der Waals surface area contributed by atoms with Crippen LogP contribution in [0.1, 0.15) is 34.1 Å². The third-order valence-corrected chi connectivity index (χ3v) is 5.22. The van der Waals surface area contributed by atoms with E-state index in [1.165, 1.54) is 11.3 Å². The van der Waals surface area contributed by atoms with Crippen molar-refractivity contribution >= 4 is 33.2 Å². The zero-order valence-corrected chi connectivity index (χ0v) is 12.7. The second kappa shape index (κ2) is 5.43. The van der Waals surface area contributed by atoms with Crippen molar-refractivity contribution in [1.29, 1.82) is 0 Å². The molecule has 3 heterocycles. The molecule has 1 aliphatic heterocycles. The molecular weight excluding hydrogens is 324 g/mol. The molecule has 0 radical (unpaired) electrons. The van der Waals surface area contributed by atoms with E-state index in [0.717, 1.165) is 34.3 Å². The summed E-state index contributed by atoms with van der Waals surface area (Å²) >= 11 is 4.93. The fourth-order valence-electron chi connectivity index (χ4n) is 2.51. The van der Waals surface area contributed by atoms with E-state index in [2.05, 4.69) is 20.9 Å². The number of amides is 1. The van der Waals surface area contributed by atoms with Crippen LogP contribution in [0.3, 0.4) is 0 Å². The number of hydrogen-bond donors (Lipinski definition) is 0. The monoisotopic (exact) mass is 336 g/mol. The zero-order valence-electron chi connectivity index (χ0n) is 10.3. The van der Waals surface area contributed by atoms with Crippen molar-refractivity contribution in [2.45, 2.75) is 18.9 Å². The van der Waals surface area contributed by atoms with E-state index in [-0.39, 0.29) is 11.9 Å². The normalized spacial score (nSPS) is 18.8. The van der Waals surface area contributed by atoms with Crippen LogP contribution in [-0.2, 0) is 0 Å². The van der Waals surface area contributed by atoms with Gasteiger partial charge in [-0.3, -0.25) is 9.78 Å². The summed E-state index contributed by atoms with van der Waals surface area (Å²) in [6, 6.07) is 6.06. The molecule has 0 saturated carbocycles. The van der Waals surface area contributed by atoms with Gasteiger partial charge in [0.05, 0.1) is 6.04 Å². The van der Waals surface area contributed by atoms with Crippen molar-refractivity contribution in [2.24, 2.45) is 0 Å². The maximum Gasteiger partial charge on any atom is 0.265 e. The molecule has 0 aromatic carbocycles. The maximum atomic E-state index is 12.6. The van der Waals surface area contributed by atoms with E-state index in [0.29, 0.717) is 0 Å². The highest BCUT2D eigenvalue weighted by Gasteiger charge is 2.31. The van der Waals surface area contributed by atoms with E-state index in [4.69, 9.17) is 0 Å². The Kier molecular flexibility index (Phi) is 3.66. The van der Waals surface area contributed by atoms with Gasteiger partial charge >= 0.3 is 0 Å². The molecule has 0 N–H and O–H groups in total. The predicted octanol–water partition coefficient (Wildman–Crippen LogP) is 3.88. The van der Waals surface area contributed by atoms with E-state index in [9.17, 15) is 4.79 Å². The van der Waals surface area contributed by atoms with Gasteiger partial charge in [0.1, 0.15) is 4.88 Å². The lowest BCUT2D eigenvalue weighted by Crippen LogP contribution is -2.30. The summed E-state index contributed by atoms with van der Waals surface area (Å²) in [4.78, 5) is 19.5. The lowest BCUT2D eigenvalue weighted by molar-refractivity contribution is 0.0739. The molecule has 1 fully saturated rings. The summed E-state index contributed by atoms with van der Waals surface area (Å²) in [5, 5.41) is 1.94. The molecule has 1 saturated heterocycles. The highest BCUT2D eigenvalue weighted by atomic mass is 79.9. The largest absolute Gasteiger partial charge is 0.331 e. The number of halogens is 1. The number of likely N-dealkylation sites (tertiary alicyclic amines) is 1. The molecule has 98 valence electrons. The summed E-state index contributed by atoms with van der Waals surface area (Å²) in [5.74, 6) is 0.119. The topological polar surface area (TPSA) is 33.2 Å². The standard InChI is InChI=1S/C14H13BrN2OS/c15-11-5-8-19-13(11)14(18)17-7-2-4-12(17)10-3-1-6-16-9-10/h1,3,5-6,8-9,12H,2,4,7H2. The maximum absolute atomic E-state index is 12.6. The number of carbonyl (C=O) groups excluding carboxylic acids is 1. The van der Waals surface area contributed by atoms with Crippen molar-refractivity contribution < 1.29 is 4.79 Å². The fourth-order valence-corrected chi connectivity index (χ4v) is 4.00. The Bertz CT molecular complexity index is 584. The van der Waals surface area contributed by atoms with Gasteiger partial charge in [0.15, 0.2) is 0 Å². The minimum Gasteiger partial charge on any atom is -0.331 e. The molecule has 1 atom stereocenters. The van der Waals surface area contributed by atoms with Crippen LogP contribution in [0.2, 0.25) is 0 Å². The Morgan fingerprint density at radius 1 is 1.47 bits per heavy atom. The van der Waals surface area contributed by atoms with Crippen molar-refractivity contribution in [2.75, 3.05) is 6.54 Å². The van der Waals surface area contributed by atoms with E-state index >= 15 is 0 Å². The lowest BCUT2D eigenvalue weighted by Gasteiger charge is -2.24. The second-order valence-corrected chi connectivity index (χ2v) is 6.31. The van der Waals surface area contributed by atoms with Gasteiger partial charge in [0, 0.05) is 23.4 Å². The Hall–Kier alpha value is -1.20. The van der Waals surface area contributed by atoms with Gasteiger partial charge < -0.3 is 4.90 Å². The van der Waals surface area contributed by atoms with Crippen LogP contribution in [0.15, 0.2) is 40.4 Å². The Labute approximate surface area is 124 Å². The van der Waals surface area contributed by atoms with Gasteiger partial charge in [-0.2, -0.15) is 0 Å². The average Bonchev–Trinajstić information content (AvgIpc) is 3.07. The third kappa shape index (κ3) is 2.44. The molecule has 5 heteroatoms. The molecule has 1 amide bonds. The first kappa shape index (κ1) is 12.8. The van der Waals surface area contributed by atoms with E-state index < -0.39 is 0 Å². The predicted molar refractivity (Wildman–Crippen MR) is 79.3 cm³/mol. The number of pyridine rings is 1. The van der Waals surface area contributed by atoms with Gasteiger partial charge in [0.25, 0.3) is 5.91 Å². The highest BCUT2D eigenvalue weighted by Crippen LogP contribution is 2.35. The molecule has 3 rings (SSSR count). The van der Waals surface area contributed by atoms with Crippen LogP contribution in [0.5, 0.6) is 0 Å². The first-order valence-corrected chi connectivity index (χ1v) is 7.88. The first-order valence-electron chi connectivity index (χ1n) is 6.21. The van der Waals surface area contributed by atoms with E-state index in [1.54, 1.807) is 6.20 Å². The summed E-state index contributed by atoms with van der Waals surface area (Å²) < 4.78 is 0.888. The van der Waals surface area contributed by atoms with Crippen LogP contribution in [-0.4, -0.2) is 22.3 Å². The summed E-state index contributed by atoms with van der Waals surface area (Å²) in [6.45, 7) is 0.822. The third-order valence-electron chi connectivity index (χ3n) is 3.39. The molecule has 2 aromatic heterocycles. The second-order valence-electron chi connectivity index (χ2n) is 4.54. The molecule has 0 bridgehead atoms. The lowest BCUT2D eigenvalue weighted by atomic mass is 10.1. The zero-order chi connectivity index (χ0) is 13.2. The smallest absolute Gasteiger partial charge is 0.265 e. The van der Waals surface area contributed by atoms with Crippen molar-refractivity contribution in [3.8, 4) is 0 Å². The van der Waals surface area contributed by atoms with Gasteiger partial charge in [-0.05, 0) is 51.8 Å². The number of hydrogen-bond acceptors (Lipinski definition) is 3. The van der Waals surface area contributed by atoms with Crippen LogP contribution < -0.4 is 0 Å². The fraction of sp³-hybridized carbons (Fsp3) is 0.286. The molecule has 1 unspecified atom stereocenters. The number of aromatic nitrogens is 1. The van der Waals surface area contributed by atoms with Crippen molar-refractivity contribution in [3.63, 3.8) is 0 Å². The molecule has 3 nitrogen and oxygen atoms in total. The number of nitrogens with zero attached hydrogens (tertiary/aromatic N) is 2. The van der Waals surface area contributed by atoms with Crippen LogP contribution in [0.4, 0.5) is 0 Å². The number of thiophene rings is 1. The van der Waals surface area contributed by atoms with Gasteiger partial charge in [0.2, 0.25) is 0 Å². The minimum atomic E-state index is 0.119. The van der Waals surface area contributed by atoms with Gasteiger partial charge in [-0.1, -0.05) is 6.07 Å². The molecule has 0 aliphatic carbocycles. The Balaban J connectivity index is 1.88. The average molecular weight is 337 g/mol. The molecule has 19 heavy (non-hydrogen) atoms. The van der Waals surface area contributed by atoms with E-state index in [1.807, 2.05) is 34.7 Å². The van der Waals surface area contributed by atoms with Crippen LogP contribution in [0.25, 0.3) is 0 Å². The Morgan fingerprint density at radius 2 is 2.37 bits per heavy atom. The Morgan fingerprint density at radius 3 is 3.05 bits per heavy atom.